The second-order valence-corrected chi connectivity index (χ2v) is 8.38. The van der Waals surface area contributed by atoms with E-state index in [4.69, 9.17) is 8.83 Å². The molecule has 0 atom stereocenters. The van der Waals surface area contributed by atoms with Gasteiger partial charge in [-0.15, -0.1) is 0 Å². The second-order valence-electron chi connectivity index (χ2n) is 7.21. The van der Waals surface area contributed by atoms with Gasteiger partial charge in [-0.3, -0.25) is 0 Å². The SMILES string of the molecule is Cc1ccc2oc3ccc(-c4cccc5c4oc4c(I)cccc45)cc3c2c1. The monoisotopic (exact) mass is 474 g/mol. The standard InChI is InChI=1S/C25H15IO2/c1-14-8-10-22-19(12-14)20-13-15(9-11-23(20)27-22)16-4-2-5-17-18-6-3-7-21(26)25(18)28-24(16)17/h2-13H,1H3. The summed E-state index contributed by atoms with van der Waals surface area (Å²) >= 11 is 2.34. The highest BCUT2D eigenvalue weighted by molar-refractivity contribution is 14.1. The van der Waals surface area contributed by atoms with Crippen molar-refractivity contribution in [3.63, 3.8) is 0 Å². The van der Waals surface area contributed by atoms with Crippen molar-refractivity contribution in [2.75, 3.05) is 0 Å². The zero-order valence-corrected chi connectivity index (χ0v) is 17.3. The molecule has 0 unspecified atom stereocenters. The van der Waals surface area contributed by atoms with E-state index in [1.807, 2.05) is 6.07 Å². The van der Waals surface area contributed by atoms with Crippen LogP contribution < -0.4 is 0 Å². The highest BCUT2D eigenvalue weighted by atomic mass is 127. The molecule has 0 N–H and O–H groups in total. The van der Waals surface area contributed by atoms with Gasteiger partial charge in [0.2, 0.25) is 0 Å². The summed E-state index contributed by atoms with van der Waals surface area (Å²) in [7, 11) is 0. The Morgan fingerprint density at radius 3 is 2.21 bits per heavy atom. The molecule has 0 aliphatic carbocycles. The number of hydrogen-bond donors (Lipinski definition) is 0. The molecule has 4 aromatic carbocycles. The predicted octanol–water partition coefficient (Wildman–Crippen LogP) is 8.07. The van der Waals surface area contributed by atoms with Crippen molar-refractivity contribution in [3.05, 3.63) is 81.9 Å². The lowest BCUT2D eigenvalue weighted by Crippen LogP contribution is -1.79. The minimum absolute atomic E-state index is 0.913. The number of fused-ring (bicyclic) bond motifs is 6. The van der Waals surface area contributed by atoms with E-state index in [1.165, 1.54) is 5.56 Å². The molecule has 28 heavy (non-hydrogen) atoms. The van der Waals surface area contributed by atoms with E-state index in [1.54, 1.807) is 0 Å². The van der Waals surface area contributed by atoms with Gasteiger partial charge in [-0.05, 0) is 65.4 Å². The first-order chi connectivity index (χ1) is 13.7. The van der Waals surface area contributed by atoms with Crippen LogP contribution in [0, 0.1) is 10.5 Å². The lowest BCUT2D eigenvalue weighted by atomic mass is 10.00. The fourth-order valence-electron chi connectivity index (χ4n) is 4.07. The Kier molecular flexibility index (Phi) is 3.38. The summed E-state index contributed by atoms with van der Waals surface area (Å²) in [4.78, 5) is 0. The van der Waals surface area contributed by atoms with Crippen LogP contribution in [-0.2, 0) is 0 Å². The third-order valence-corrected chi connectivity index (χ3v) is 6.26. The lowest BCUT2D eigenvalue weighted by molar-refractivity contribution is 0.667. The van der Waals surface area contributed by atoms with Crippen LogP contribution in [-0.4, -0.2) is 0 Å². The molecule has 0 aliphatic rings. The van der Waals surface area contributed by atoms with E-state index in [9.17, 15) is 0 Å². The molecule has 0 amide bonds. The summed E-state index contributed by atoms with van der Waals surface area (Å²) in [5.74, 6) is 0. The summed E-state index contributed by atoms with van der Waals surface area (Å²) < 4.78 is 13.5. The molecule has 0 saturated heterocycles. The van der Waals surface area contributed by atoms with Crippen LogP contribution in [0.1, 0.15) is 5.56 Å². The zero-order valence-electron chi connectivity index (χ0n) is 15.1. The van der Waals surface area contributed by atoms with Crippen LogP contribution in [0.3, 0.4) is 0 Å². The highest BCUT2D eigenvalue weighted by Crippen LogP contribution is 2.39. The Bertz CT molecular complexity index is 1530. The van der Waals surface area contributed by atoms with E-state index >= 15 is 0 Å². The quantitative estimate of drug-likeness (QED) is 0.225. The first-order valence-electron chi connectivity index (χ1n) is 9.22. The summed E-state index contributed by atoms with van der Waals surface area (Å²) in [5, 5.41) is 4.61. The van der Waals surface area contributed by atoms with Crippen molar-refractivity contribution in [2.24, 2.45) is 0 Å². The molecule has 2 heterocycles. The highest BCUT2D eigenvalue weighted by Gasteiger charge is 2.15. The van der Waals surface area contributed by atoms with Crippen molar-refractivity contribution in [1.29, 1.82) is 0 Å². The Morgan fingerprint density at radius 1 is 0.643 bits per heavy atom. The summed E-state index contributed by atoms with van der Waals surface area (Å²) in [6.45, 7) is 2.11. The summed E-state index contributed by atoms with van der Waals surface area (Å²) in [6.07, 6.45) is 0. The summed E-state index contributed by atoms with van der Waals surface area (Å²) in [5.41, 5.74) is 7.20. The van der Waals surface area contributed by atoms with Gasteiger partial charge in [-0.1, -0.05) is 48.0 Å². The average molecular weight is 474 g/mol. The molecule has 134 valence electrons. The van der Waals surface area contributed by atoms with Gasteiger partial charge in [-0.25, -0.2) is 0 Å². The number of aryl methyl sites for hydroxylation is 1. The second kappa shape index (κ2) is 5.85. The molecule has 0 spiro atoms. The van der Waals surface area contributed by atoms with Gasteiger partial charge < -0.3 is 8.83 Å². The molecular weight excluding hydrogens is 459 g/mol. The number of para-hydroxylation sites is 2. The molecule has 0 radical (unpaired) electrons. The number of furan rings is 2. The van der Waals surface area contributed by atoms with Gasteiger partial charge in [0.1, 0.15) is 22.3 Å². The van der Waals surface area contributed by atoms with E-state index in [0.29, 0.717) is 0 Å². The number of hydrogen-bond acceptors (Lipinski definition) is 2. The maximum Gasteiger partial charge on any atom is 0.148 e. The van der Waals surface area contributed by atoms with Crippen LogP contribution in [0.5, 0.6) is 0 Å². The van der Waals surface area contributed by atoms with E-state index in [-0.39, 0.29) is 0 Å². The Balaban J connectivity index is 1.67. The number of benzene rings is 4. The minimum Gasteiger partial charge on any atom is -0.456 e. The van der Waals surface area contributed by atoms with Crippen LogP contribution in [0.25, 0.3) is 55.0 Å². The number of rotatable bonds is 1. The largest absolute Gasteiger partial charge is 0.456 e. The topological polar surface area (TPSA) is 26.3 Å². The Hall–Kier alpha value is -2.79. The van der Waals surface area contributed by atoms with Crippen molar-refractivity contribution >= 4 is 66.5 Å². The van der Waals surface area contributed by atoms with Gasteiger partial charge in [-0.2, -0.15) is 0 Å². The van der Waals surface area contributed by atoms with E-state index in [2.05, 4.69) is 96.2 Å². The predicted molar refractivity (Wildman–Crippen MR) is 124 cm³/mol. The smallest absolute Gasteiger partial charge is 0.148 e. The van der Waals surface area contributed by atoms with Crippen LogP contribution in [0.2, 0.25) is 0 Å². The van der Waals surface area contributed by atoms with Gasteiger partial charge in [0.15, 0.2) is 0 Å². The fraction of sp³-hybridized carbons (Fsp3) is 0.0400. The van der Waals surface area contributed by atoms with Crippen LogP contribution in [0.15, 0.2) is 81.6 Å². The molecule has 0 saturated carbocycles. The third kappa shape index (κ3) is 2.26. The first kappa shape index (κ1) is 16.2. The third-order valence-electron chi connectivity index (χ3n) is 5.41. The molecule has 3 heteroatoms. The van der Waals surface area contributed by atoms with Crippen molar-refractivity contribution in [1.82, 2.24) is 0 Å². The molecule has 2 aromatic heterocycles. The molecule has 0 bridgehead atoms. The van der Waals surface area contributed by atoms with Gasteiger partial charge in [0.25, 0.3) is 0 Å². The molecule has 0 fully saturated rings. The molecule has 6 rings (SSSR count). The minimum atomic E-state index is 0.913. The van der Waals surface area contributed by atoms with Gasteiger partial charge in [0.05, 0.1) is 3.57 Å². The average Bonchev–Trinajstić information content (AvgIpc) is 3.26. The van der Waals surface area contributed by atoms with Gasteiger partial charge in [0, 0.05) is 27.1 Å². The van der Waals surface area contributed by atoms with E-state index in [0.717, 1.165) is 58.6 Å². The number of halogens is 1. The van der Waals surface area contributed by atoms with Gasteiger partial charge >= 0.3 is 0 Å². The maximum absolute atomic E-state index is 6.34. The van der Waals surface area contributed by atoms with Crippen LogP contribution >= 0.6 is 22.6 Å². The van der Waals surface area contributed by atoms with Crippen molar-refractivity contribution < 1.29 is 8.83 Å². The lowest BCUT2D eigenvalue weighted by Gasteiger charge is -2.03. The normalized spacial score (nSPS) is 11.9. The summed E-state index contributed by atoms with van der Waals surface area (Å²) in [6, 6.07) is 25.4. The first-order valence-corrected chi connectivity index (χ1v) is 10.3. The molecule has 6 aromatic rings. The maximum atomic E-state index is 6.34. The Labute approximate surface area is 174 Å². The fourth-order valence-corrected chi connectivity index (χ4v) is 4.68. The Morgan fingerprint density at radius 2 is 1.36 bits per heavy atom. The van der Waals surface area contributed by atoms with E-state index < -0.39 is 0 Å². The van der Waals surface area contributed by atoms with Crippen molar-refractivity contribution in [3.8, 4) is 11.1 Å². The zero-order chi connectivity index (χ0) is 18.8. The molecular formula is C25H15IO2. The van der Waals surface area contributed by atoms with Crippen molar-refractivity contribution in [2.45, 2.75) is 6.92 Å². The van der Waals surface area contributed by atoms with Crippen LogP contribution in [0.4, 0.5) is 0 Å². The molecule has 2 nitrogen and oxygen atoms in total. The molecule has 0 aliphatic heterocycles.